The quantitative estimate of drug-likeness (QED) is 0.635. The summed E-state index contributed by atoms with van der Waals surface area (Å²) in [4.78, 5) is 24.6. The molecule has 0 bridgehead atoms. The van der Waals surface area contributed by atoms with Crippen LogP contribution in [-0.2, 0) is 9.53 Å². The molecule has 0 aromatic heterocycles. The number of carbonyl (C=O) groups is 2. The fourth-order valence-electron chi connectivity index (χ4n) is 2.02. The third kappa shape index (κ3) is 4.27. The Morgan fingerprint density at radius 1 is 1.59 bits per heavy atom. The molecule has 2 rings (SSSR count). The Kier molecular flexibility index (Phi) is 5.90. The molecule has 1 N–H and O–H groups in total. The second kappa shape index (κ2) is 7.69. The van der Waals surface area contributed by atoms with Crippen LogP contribution in [0.1, 0.15) is 6.92 Å². The number of anilines is 1. The third-order valence-electron chi connectivity index (χ3n) is 3.01. The van der Waals surface area contributed by atoms with E-state index in [4.69, 9.17) is 16.3 Å². The molecule has 0 spiro atoms. The normalized spacial score (nSPS) is 17.5. The smallest absolute Gasteiger partial charge is 0.414 e. The lowest BCUT2D eigenvalue weighted by atomic mass is 10.2. The number of rotatable bonds is 6. The number of thioether (sulfide) groups is 1. The standard InChI is InChI=1S/C14H16ClFN2O3S/c1-9(19)17-7-11-8-18(14(20)21-11)10-2-3-13(12(16)6-10)22-5-4-15/h2-3,6,11H,4-5,7-8H2,1H3,(H,17,19)/t11-/m1/s1. The van der Waals surface area contributed by atoms with E-state index in [0.29, 0.717) is 22.2 Å². The predicted molar refractivity (Wildman–Crippen MR) is 84.1 cm³/mol. The molecular formula is C14H16ClFN2O3S. The van der Waals surface area contributed by atoms with Crippen LogP contribution in [0.5, 0.6) is 0 Å². The van der Waals surface area contributed by atoms with Crippen molar-refractivity contribution in [3.63, 3.8) is 0 Å². The number of amides is 2. The molecule has 1 aromatic carbocycles. The van der Waals surface area contributed by atoms with Crippen molar-refractivity contribution in [2.24, 2.45) is 0 Å². The number of cyclic esters (lactones) is 1. The van der Waals surface area contributed by atoms with E-state index in [1.54, 1.807) is 12.1 Å². The number of ether oxygens (including phenoxy) is 1. The van der Waals surface area contributed by atoms with Gasteiger partial charge in [-0.15, -0.1) is 23.4 Å². The average Bonchev–Trinajstić information content (AvgIpc) is 2.85. The van der Waals surface area contributed by atoms with Gasteiger partial charge in [0.1, 0.15) is 11.9 Å². The fourth-order valence-corrected chi connectivity index (χ4v) is 2.91. The van der Waals surface area contributed by atoms with Crippen LogP contribution in [0.4, 0.5) is 14.9 Å². The van der Waals surface area contributed by atoms with E-state index >= 15 is 0 Å². The maximum absolute atomic E-state index is 14.0. The van der Waals surface area contributed by atoms with E-state index in [2.05, 4.69) is 5.32 Å². The summed E-state index contributed by atoms with van der Waals surface area (Å²) < 4.78 is 19.1. The van der Waals surface area contributed by atoms with Gasteiger partial charge in [-0.05, 0) is 18.2 Å². The van der Waals surface area contributed by atoms with Crippen molar-refractivity contribution in [3.05, 3.63) is 24.0 Å². The topological polar surface area (TPSA) is 58.6 Å². The Hall–Kier alpha value is -1.47. The second-order valence-electron chi connectivity index (χ2n) is 4.71. The Labute approximate surface area is 137 Å². The van der Waals surface area contributed by atoms with Crippen LogP contribution in [0, 0.1) is 5.82 Å². The first kappa shape index (κ1) is 16.9. The highest BCUT2D eigenvalue weighted by atomic mass is 35.5. The minimum atomic E-state index is -0.545. The lowest BCUT2D eigenvalue weighted by Gasteiger charge is -2.14. The first-order chi connectivity index (χ1) is 10.5. The summed E-state index contributed by atoms with van der Waals surface area (Å²) in [7, 11) is 0. The van der Waals surface area contributed by atoms with E-state index in [0.717, 1.165) is 0 Å². The minimum absolute atomic E-state index is 0.193. The summed E-state index contributed by atoms with van der Waals surface area (Å²) in [5.74, 6) is 0.462. The number of carbonyl (C=O) groups excluding carboxylic acids is 2. The van der Waals surface area contributed by atoms with Crippen LogP contribution >= 0.6 is 23.4 Å². The number of nitrogens with one attached hydrogen (secondary N) is 1. The molecule has 8 heteroatoms. The summed E-state index contributed by atoms with van der Waals surface area (Å²) in [6, 6.07) is 4.59. The van der Waals surface area contributed by atoms with Crippen molar-refractivity contribution in [1.29, 1.82) is 0 Å². The largest absolute Gasteiger partial charge is 0.442 e. The molecule has 0 unspecified atom stereocenters. The molecular weight excluding hydrogens is 331 g/mol. The highest BCUT2D eigenvalue weighted by Gasteiger charge is 2.32. The molecule has 5 nitrogen and oxygen atoms in total. The van der Waals surface area contributed by atoms with Crippen LogP contribution in [0.25, 0.3) is 0 Å². The Morgan fingerprint density at radius 3 is 3.00 bits per heavy atom. The van der Waals surface area contributed by atoms with Crippen molar-refractivity contribution in [2.45, 2.75) is 17.9 Å². The highest BCUT2D eigenvalue weighted by molar-refractivity contribution is 7.99. The molecule has 1 heterocycles. The SMILES string of the molecule is CC(=O)NC[C@@H]1CN(c2ccc(SCCCl)c(F)c2)C(=O)O1. The van der Waals surface area contributed by atoms with Crippen molar-refractivity contribution >= 4 is 41.1 Å². The summed E-state index contributed by atoms with van der Waals surface area (Å²) in [5, 5.41) is 2.59. The molecule has 1 aliphatic rings. The van der Waals surface area contributed by atoms with E-state index in [1.807, 2.05) is 0 Å². The van der Waals surface area contributed by atoms with Crippen LogP contribution in [0.2, 0.25) is 0 Å². The van der Waals surface area contributed by atoms with Crippen molar-refractivity contribution in [3.8, 4) is 0 Å². The number of alkyl halides is 1. The van der Waals surface area contributed by atoms with Crippen LogP contribution in [0.15, 0.2) is 23.1 Å². The molecule has 1 fully saturated rings. The van der Waals surface area contributed by atoms with Crippen LogP contribution < -0.4 is 10.2 Å². The number of benzene rings is 1. The average molecular weight is 347 g/mol. The molecule has 22 heavy (non-hydrogen) atoms. The van der Waals surface area contributed by atoms with E-state index in [9.17, 15) is 14.0 Å². The van der Waals surface area contributed by atoms with Gasteiger partial charge < -0.3 is 10.1 Å². The molecule has 2 amide bonds. The van der Waals surface area contributed by atoms with Crippen molar-refractivity contribution < 1.29 is 18.7 Å². The number of hydrogen-bond acceptors (Lipinski definition) is 4. The highest BCUT2D eigenvalue weighted by Crippen LogP contribution is 2.28. The van der Waals surface area contributed by atoms with E-state index < -0.39 is 18.0 Å². The van der Waals surface area contributed by atoms with Gasteiger partial charge in [0.25, 0.3) is 0 Å². The second-order valence-corrected chi connectivity index (χ2v) is 6.22. The molecule has 120 valence electrons. The van der Waals surface area contributed by atoms with Gasteiger partial charge in [-0.2, -0.15) is 0 Å². The van der Waals surface area contributed by atoms with Gasteiger partial charge in [-0.25, -0.2) is 9.18 Å². The zero-order valence-corrected chi connectivity index (χ0v) is 13.5. The van der Waals surface area contributed by atoms with E-state index in [1.165, 1.54) is 29.7 Å². The first-order valence-electron chi connectivity index (χ1n) is 6.72. The summed E-state index contributed by atoms with van der Waals surface area (Å²) in [6.45, 7) is 1.90. The molecule has 0 aliphatic carbocycles. The Morgan fingerprint density at radius 2 is 2.36 bits per heavy atom. The Balaban J connectivity index is 2.03. The van der Waals surface area contributed by atoms with Crippen LogP contribution in [-0.4, -0.2) is 42.8 Å². The molecule has 0 radical (unpaired) electrons. The van der Waals surface area contributed by atoms with Gasteiger partial charge in [0.05, 0.1) is 18.8 Å². The molecule has 1 aliphatic heterocycles. The number of halogens is 2. The fraction of sp³-hybridized carbons (Fsp3) is 0.429. The van der Waals surface area contributed by atoms with E-state index in [-0.39, 0.29) is 19.0 Å². The summed E-state index contributed by atoms with van der Waals surface area (Å²) in [6.07, 6.45) is -0.985. The van der Waals surface area contributed by atoms with Gasteiger partial charge in [0.15, 0.2) is 0 Å². The van der Waals surface area contributed by atoms with Crippen molar-refractivity contribution in [1.82, 2.24) is 5.32 Å². The maximum atomic E-state index is 14.0. The van der Waals surface area contributed by atoms with Gasteiger partial charge in [-0.1, -0.05) is 0 Å². The molecule has 1 atom stereocenters. The Bertz CT molecular complexity index is 573. The lowest BCUT2D eigenvalue weighted by Crippen LogP contribution is -2.33. The van der Waals surface area contributed by atoms with Gasteiger partial charge >= 0.3 is 6.09 Å². The third-order valence-corrected chi connectivity index (χ3v) is 4.48. The zero-order chi connectivity index (χ0) is 16.1. The summed E-state index contributed by atoms with van der Waals surface area (Å²) >= 11 is 6.90. The van der Waals surface area contributed by atoms with Gasteiger partial charge in [-0.3, -0.25) is 9.69 Å². The molecule has 0 saturated carbocycles. The zero-order valence-electron chi connectivity index (χ0n) is 12.0. The van der Waals surface area contributed by atoms with Gasteiger partial charge in [0, 0.05) is 23.5 Å². The summed E-state index contributed by atoms with van der Waals surface area (Å²) in [5.41, 5.74) is 0.433. The maximum Gasteiger partial charge on any atom is 0.414 e. The van der Waals surface area contributed by atoms with Gasteiger partial charge in [0.2, 0.25) is 5.91 Å². The molecule has 1 aromatic rings. The number of hydrogen-bond donors (Lipinski definition) is 1. The van der Waals surface area contributed by atoms with Crippen LogP contribution in [0.3, 0.4) is 0 Å². The predicted octanol–water partition coefficient (Wildman–Crippen LogP) is 2.62. The van der Waals surface area contributed by atoms with Crippen molar-refractivity contribution in [2.75, 3.05) is 29.6 Å². The lowest BCUT2D eigenvalue weighted by molar-refractivity contribution is -0.119. The minimum Gasteiger partial charge on any atom is -0.442 e. The monoisotopic (exact) mass is 346 g/mol. The number of nitrogens with zero attached hydrogens (tertiary/aromatic N) is 1. The molecule has 1 saturated heterocycles. The first-order valence-corrected chi connectivity index (χ1v) is 8.24.